The maximum absolute atomic E-state index is 4.90. The van der Waals surface area contributed by atoms with Crippen LogP contribution in [0.15, 0.2) is 54.9 Å². The highest BCUT2D eigenvalue weighted by Gasteiger charge is 2.25. The van der Waals surface area contributed by atoms with E-state index in [0.29, 0.717) is 5.82 Å². The predicted octanol–water partition coefficient (Wildman–Crippen LogP) is 4.27. The van der Waals surface area contributed by atoms with Gasteiger partial charge in [-0.3, -0.25) is 9.88 Å². The molecule has 0 N–H and O–H groups in total. The molecule has 4 aromatic heterocycles. The average molecular weight is 413 g/mol. The molecule has 6 nitrogen and oxygen atoms in total. The van der Waals surface area contributed by atoms with Gasteiger partial charge in [0.1, 0.15) is 10.7 Å². The Kier molecular flexibility index (Phi) is 4.11. The fourth-order valence-corrected chi connectivity index (χ4v) is 5.54. The van der Waals surface area contributed by atoms with Crippen molar-refractivity contribution in [2.45, 2.75) is 26.4 Å². The lowest BCUT2D eigenvalue weighted by Gasteiger charge is -2.26. The lowest BCUT2D eigenvalue weighted by atomic mass is 10.0. The van der Waals surface area contributed by atoms with Crippen molar-refractivity contribution >= 4 is 27.2 Å². The molecule has 0 saturated heterocycles. The van der Waals surface area contributed by atoms with E-state index in [4.69, 9.17) is 15.1 Å². The van der Waals surface area contributed by atoms with Crippen molar-refractivity contribution in [3.8, 4) is 11.4 Å². The number of hydrogen-bond donors (Lipinski definition) is 0. The topological polar surface area (TPSA) is 59.2 Å². The average Bonchev–Trinajstić information content (AvgIpc) is 3.36. The number of rotatable bonds is 3. The third-order valence-electron chi connectivity index (χ3n) is 5.69. The van der Waals surface area contributed by atoms with Crippen LogP contribution in [0.5, 0.6) is 0 Å². The lowest BCUT2D eigenvalue weighted by Crippen LogP contribution is -2.29. The summed E-state index contributed by atoms with van der Waals surface area (Å²) < 4.78 is 1.88. The van der Waals surface area contributed by atoms with Crippen LogP contribution < -0.4 is 0 Å². The highest BCUT2D eigenvalue weighted by atomic mass is 32.1. The summed E-state index contributed by atoms with van der Waals surface area (Å²) in [4.78, 5) is 19.0. The number of nitrogens with zero attached hydrogens (tertiary/aromatic N) is 6. The fraction of sp³-hybridized carbons (Fsp3) is 0.217. The third-order valence-corrected chi connectivity index (χ3v) is 6.80. The van der Waals surface area contributed by atoms with Crippen LogP contribution in [0.1, 0.15) is 21.8 Å². The van der Waals surface area contributed by atoms with Crippen LogP contribution in [0, 0.1) is 6.92 Å². The summed E-state index contributed by atoms with van der Waals surface area (Å²) in [5.74, 6) is 1.56. The van der Waals surface area contributed by atoms with Crippen LogP contribution >= 0.6 is 11.3 Å². The van der Waals surface area contributed by atoms with E-state index in [9.17, 15) is 0 Å². The smallest absolute Gasteiger partial charge is 0.183 e. The second-order valence-corrected chi connectivity index (χ2v) is 8.79. The Bertz CT molecular complexity index is 1360. The zero-order valence-corrected chi connectivity index (χ0v) is 17.4. The molecule has 7 heteroatoms. The van der Waals surface area contributed by atoms with Crippen LogP contribution in [0.4, 0.5) is 0 Å². The van der Waals surface area contributed by atoms with Gasteiger partial charge in [0.15, 0.2) is 11.5 Å². The zero-order chi connectivity index (χ0) is 20.1. The van der Waals surface area contributed by atoms with E-state index in [0.717, 1.165) is 47.9 Å². The van der Waals surface area contributed by atoms with E-state index in [2.05, 4.69) is 40.2 Å². The molecule has 1 aromatic carbocycles. The van der Waals surface area contributed by atoms with Gasteiger partial charge in [0.2, 0.25) is 0 Å². The van der Waals surface area contributed by atoms with Crippen molar-refractivity contribution < 1.29 is 0 Å². The number of thiophene rings is 1. The van der Waals surface area contributed by atoms with Crippen LogP contribution in [-0.4, -0.2) is 36.0 Å². The molecule has 0 radical (unpaired) electrons. The first kappa shape index (κ1) is 17.7. The summed E-state index contributed by atoms with van der Waals surface area (Å²) in [6.45, 7) is 4.97. The van der Waals surface area contributed by atoms with Crippen molar-refractivity contribution in [1.29, 1.82) is 0 Å². The first-order valence-corrected chi connectivity index (χ1v) is 10.9. The van der Waals surface area contributed by atoms with E-state index in [1.54, 1.807) is 23.7 Å². The van der Waals surface area contributed by atoms with Gasteiger partial charge in [0.05, 0.1) is 5.39 Å². The van der Waals surface area contributed by atoms with E-state index in [-0.39, 0.29) is 0 Å². The highest BCUT2D eigenvalue weighted by Crippen LogP contribution is 2.37. The third kappa shape index (κ3) is 2.89. The minimum atomic E-state index is 0.696. The fourth-order valence-electron chi connectivity index (χ4n) is 4.24. The molecule has 0 bridgehead atoms. The zero-order valence-electron chi connectivity index (χ0n) is 16.6. The second kappa shape index (κ2) is 6.97. The molecule has 30 heavy (non-hydrogen) atoms. The first-order chi connectivity index (χ1) is 14.8. The van der Waals surface area contributed by atoms with Crippen molar-refractivity contribution in [2.24, 2.45) is 0 Å². The molecule has 0 atom stereocenters. The van der Waals surface area contributed by atoms with Gasteiger partial charge in [-0.15, -0.1) is 16.4 Å². The summed E-state index contributed by atoms with van der Waals surface area (Å²) >= 11 is 1.80. The maximum atomic E-state index is 4.90. The van der Waals surface area contributed by atoms with Crippen LogP contribution in [0.2, 0.25) is 0 Å². The SMILES string of the molecule is Cc1nc2sc3c(c2c2nc(-c4cccnc4)nn12)CCN(Cc1ccccc1)C3. The monoisotopic (exact) mass is 412 g/mol. The van der Waals surface area contributed by atoms with E-state index < -0.39 is 0 Å². The van der Waals surface area contributed by atoms with Gasteiger partial charge in [0.25, 0.3) is 0 Å². The first-order valence-electron chi connectivity index (χ1n) is 10.1. The molecule has 0 unspecified atom stereocenters. The lowest BCUT2D eigenvalue weighted by molar-refractivity contribution is 0.249. The van der Waals surface area contributed by atoms with Gasteiger partial charge >= 0.3 is 0 Å². The van der Waals surface area contributed by atoms with E-state index >= 15 is 0 Å². The minimum absolute atomic E-state index is 0.696. The van der Waals surface area contributed by atoms with Gasteiger partial charge < -0.3 is 0 Å². The van der Waals surface area contributed by atoms with Crippen molar-refractivity contribution in [2.75, 3.05) is 6.54 Å². The number of aryl methyl sites for hydroxylation is 1. The molecule has 6 rings (SSSR count). The minimum Gasteiger partial charge on any atom is -0.294 e. The summed E-state index contributed by atoms with van der Waals surface area (Å²) in [6.07, 6.45) is 4.58. The van der Waals surface area contributed by atoms with Crippen LogP contribution in [-0.2, 0) is 19.5 Å². The molecule has 0 aliphatic carbocycles. The van der Waals surface area contributed by atoms with Gasteiger partial charge in [-0.05, 0) is 36.6 Å². The Hall–Kier alpha value is -3.16. The number of pyridine rings is 1. The van der Waals surface area contributed by atoms with Crippen LogP contribution in [0.3, 0.4) is 0 Å². The maximum Gasteiger partial charge on any atom is 0.183 e. The largest absolute Gasteiger partial charge is 0.294 e. The molecular weight excluding hydrogens is 392 g/mol. The van der Waals surface area contributed by atoms with E-state index in [1.807, 2.05) is 23.6 Å². The Morgan fingerprint density at radius 1 is 1.07 bits per heavy atom. The highest BCUT2D eigenvalue weighted by molar-refractivity contribution is 7.19. The van der Waals surface area contributed by atoms with Crippen molar-refractivity contribution in [3.63, 3.8) is 0 Å². The quantitative estimate of drug-likeness (QED) is 0.443. The molecule has 1 aliphatic heterocycles. The Labute approximate surface area is 177 Å². The molecule has 0 amide bonds. The molecule has 0 saturated carbocycles. The van der Waals surface area contributed by atoms with Crippen LogP contribution in [0.25, 0.3) is 27.3 Å². The molecule has 0 fully saturated rings. The Morgan fingerprint density at radius 2 is 1.97 bits per heavy atom. The number of hydrogen-bond acceptors (Lipinski definition) is 6. The van der Waals surface area contributed by atoms with Crippen molar-refractivity contribution in [3.05, 3.63) is 76.7 Å². The molecule has 5 heterocycles. The molecule has 5 aromatic rings. The molecule has 1 aliphatic rings. The standard InChI is InChI=1S/C23H20N6S/c1-15-25-23-20(22-26-21(27-29(15)22)17-8-5-10-24-12-17)18-9-11-28(14-19(18)30-23)13-16-6-3-2-4-7-16/h2-8,10,12H,9,11,13-14H2,1H3. The Morgan fingerprint density at radius 3 is 2.80 bits per heavy atom. The van der Waals surface area contributed by atoms with Gasteiger partial charge in [-0.1, -0.05) is 30.3 Å². The number of benzene rings is 1. The molecule has 148 valence electrons. The number of fused-ring (bicyclic) bond motifs is 5. The Balaban J connectivity index is 1.43. The van der Waals surface area contributed by atoms with Gasteiger partial charge in [-0.25, -0.2) is 9.97 Å². The van der Waals surface area contributed by atoms with Gasteiger partial charge in [-0.2, -0.15) is 4.52 Å². The molecular formula is C23H20N6S. The van der Waals surface area contributed by atoms with Gasteiger partial charge in [0, 0.05) is 42.5 Å². The summed E-state index contributed by atoms with van der Waals surface area (Å²) in [5, 5.41) is 5.90. The number of aromatic nitrogens is 5. The summed E-state index contributed by atoms with van der Waals surface area (Å²) in [5.41, 5.74) is 4.58. The molecule has 0 spiro atoms. The summed E-state index contributed by atoms with van der Waals surface area (Å²) in [7, 11) is 0. The second-order valence-electron chi connectivity index (χ2n) is 7.70. The predicted molar refractivity (Wildman–Crippen MR) is 118 cm³/mol. The van der Waals surface area contributed by atoms with E-state index in [1.165, 1.54) is 21.4 Å². The normalized spacial score (nSPS) is 14.4. The summed E-state index contributed by atoms with van der Waals surface area (Å²) in [6, 6.07) is 14.6. The van der Waals surface area contributed by atoms with Crippen molar-refractivity contribution in [1.82, 2.24) is 29.5 Å².